The summed E-state index contributed by atoms with van der Waals surface area (Å²) in [4.78, 5) is 20.0. The molecule has 7 nitrogen and oxygen atoms in total. The first kappa shape index (κ1) is 15.8. The molecular weight excluding hydrogens is 304 g/mol. The topological polar surface area (TPSA) is 105 Å². The van der Waals surface area contributed by atoms with Gasteiger partial charge in [0.15, 0.2) is 11.6 Å². The van der Waals surface area contributed by atoms with Gasteiger partial charge < -0.3 is 11.1 Å². The molecule has 116 valence electrons. The molecule has 1 amide bonds. The lowest BCUT2D eigenvalue weighted by atomic mass is 10.2. The molecule has 0 bridgehead atoms. The summed E-state index contributed by atoms with van der Waals surface area (Å²) in [5.41, 5.74) is 12.0. The zero-order valence-electron chi connectivity index (χ0n) is 12.1. The summed E-state index contributed by atoms with van der Waals surface area (Å²) < 4.78 is 0. The van der Waals surface area contributed by atoms with E-state index in [1.807, 2.05) is 6.92 Å². The van der Waals surface area contributed by atoms with Crippen LogP contribution in [0.5, 0.6) is 0 Å². The number of aromatic nitrogens is 2. The SMILES string of the molecule is CCCNc1ncnc(NNC(=O)c2ccc(Cl)cc2)c1N. The molecule has 0 unspecified atom stereocenters. The number of nitrogen functional groups attached to an aromatic ring is 1. The molecule has 0 aliphatic rings. The summed E-state index contributed by atoms with van der Waals surface area (Å²) in [6, 6.07) is 6.53. The Morgan fingerprint density at radius 2 is 1.91 bits per heavy atom. The smallest absolute Gasteiger partial charge is 0.269 e. The predicted octanol–water partition coefficient (Wildman–Crippen LogP) is 2.29. The van der Waals surface area contributed by atoms with E-state index >= 15 is 0 Å². The standard InChI is InChI=1S/C14H17ClN6O/c1-2-7-17-12-11(16)13(19-8-18-12)20-21-14(22)9-3-5-10(15)6-4-9/h3-6,8H,2,7,16H2,1H3,(H,21,22)(H2,17,18,19,20). The number of hydrogen-bond donors (Lipinski definition) is 4. The van der Waals surface area contributed by atoms with Gasteiger partial charge in [-0.05, 0) is 30.7 Å². The van der Waals surface area contributed by atoms with E-state index in [1.54, 1.807) is 24.3 Å². The first-order chi connectivity index (χ1) is 10.6. The van der Waals surface area contributed by atoms with E-state index in [-0.39, 0.29) is 5.91 Å². The van der Waals surface area contributed by atoms with Gasteiger partial charge in [0.05, 0.1) is 0 Å². The summed E-state index contributed by atoms with van der Waals surface area (Å²) in [5.74, 6) is 0.536. The van der Waals surface area contributed by atoms with Gasteiger partial charge in [0.25, 0.3) is 5.91 Å². The number of hydrazine groups is 1. The molecule has 0 saturated carbocycles. The van der Waals surface area contributed by atoms with Crippen LogP contribution in [0.3, 0.4) is 0 Å². The predicted molar refractivity (Wildman–Crippen MR) is 87.8 cm³/mol. The van der Waals surface area contributed by atoms with Gasteiger partial charge in [0.2, 0.25) is 0 Å². The second kappa shape index (κ2) is 7.46. The van der Waals surface area contributed by atoms with E-state index < -0.39 is 0 Å². The van der Waals surface area contributed by atoms with E-state index in [9.17, 15) is 4.79 Å². The highest BCUT2D eigenvalue weighted by Gasteiger charge is 2.09. The van der Waals surface area contributed by atoms with Crippen molar-refractivity contribution in [2.24, 2.45) is 0 Å². The highest BCUT2D eigenvalue weighted by molar-refractivity contribution is 6.30. The average molecular weight is 321 g/mol. The van der Waals surface area contributed by atoms with Crippen LogP contribution in [0.2, 0.25) is 5.02 Å². The third-order valence-electron chi connectivity index (χ3n) is 2.83. The molecule has 8 heteroatoms. The van der Waals surface area contributed by atoms with Crippen LogP contribution in [-0.4, -0.2) is 22.4 Å². The third-order valence-corrected chi connectivity index (χ3v) is 3.08. The molecule has 5 N–H and O–H groups in total. The van der Waals surface area contributed by atoms with Crippen molar-refractivity contribution in [3.05, 3.63) is 41.2 Å². The Bertz CT molecular complexity index is 646. The molecule has 1 aromatic carbocycles. The first-order valence-corrected chi connectivity index (χ1v) is 7.16. The van der Waals surface area contributed by atoms with Crippen molar-refractivity contribution in [1.82, 2.24) is 15.4 Å². The lowest BCUT2D eigenvalue weighted by molar-refractivity contribution is 0.0962. The minimum Gasteiger partial charge on any atom is -0.393 e. The van der Waals surface area contributed by atoms with Crippen LogP contribution < -0.4 is 21.9 Å². The Morgan fingerprint density at radius 1 is 1.23 bits per heavy atom. The van der Waals surface area contributed by atoms with E-state index in [0.29, 0.717) is 27.9 Å². The number of halogens is 1. The zero-order valence-corrected chi connectivity index (χ0v) is 12.8. The number of rotatable bonds is 6. The number of benzene rings is 1. The molecule has 1 aromatic heterocycles. The highest BCUT2D eigenvalue weighted by atomic mass is 35.5. The molecule has 2 rings (SSSR count). The molecule has 2 aromatic rings. The number of anilines is 3. The zero-order chi connectivity index (χ0) is 15.9. The molecule has 0 aliphatic heterocycles. The van der Waals surface area contributed by atoms with Crippen molar-refractivity contribution in [1.29, 1.82) is 0 Å². The normalized spacial score (nSPS) is 10.1. The van der Waals surface area contributed by atoms with Gasteiger partial charge in [-0.25, -0.2) is 9.97 Å². The number of nitrogens with zero attached hydrogens (tertiary/aromatic N) is 2. The highest BCUT2D eigenvalue weighted by Crippen LogP contribution is 2.21. The molecule has 0 fully saturated rings. The minimum atomic E-state index is -0.322. The van der Waals surface area contributed by atoms with Gasteiger partial charge in [-0.1, -0.05) is 18.5 Å². The Hall–Kier alpha value is -2.54. The number of hydrogen-bond acceptors (Lipinski definition) is 6. The third kappa shape index (κ3) is 3.98. The van der Waals surface area contributed by atoms with Crippen LogP contribution in [0.15, 0.2) is 30.6 Å². The molecule has 0 spiro atoms. The van der Waals surface area contributed by atoms with Gasteiger partial charge in [-0.2, -0.15) is 0 Å². The maximum atomic E-state index is 12.0. The summed E-state index contributed by atoms with van der Waals surface area (Å²) in [5, 5.41) is 3.65. The lowest BCUT2D eigenvalue weighted by Gasteiger charge is -2.12. The van der Waals surface area contributed by atoms with Gasteiger partial charge in [0, 0.05) is 17.1 Å². The summed E-state index contributed by atoms with van der Waals surface area (Å²) >= 11 is 5.78. The summed E-state index contributed by atoms with van der Waals surface area (Å²) in [7, 11) is 0. The number of carbonyl (C=O) groups is 1. The van der Waals surface area contributed by atoms with Crippen LogP contribution in [-0.2, 0) is 0 Å². The van der Waals surface area contributed by atoms with Crippen LogP contribution in [0.1, 0.15) is 23.7 Å². The van der Waals surface area contributed by atoms with E-state index in [2.05, 4.69) is 26.1 Å². The van der Waals surface area contributed by atoms with Crippen LogP contribution in [0.4, 0.5) is 17.3 Å². The number of nitrogens with two attached hydrogens (primary N) is 1. The number of nitrogens with one attached hydrogen (secondary N) is 3. The molecule has 0 saturated heterocycles. The van der Waals surface area contributed by atoms with Crippen LogP contribution >= 0.6 is 11.6 Å². The Balaban J connectivity index is 2.02. The fourth-order valence-corrected chi connectivity index (χ4v) is 1.79. The van der Waals surface area contributed by atoms with E-state index in [4.69, 9.17) is 17.3 Å². The Kier molecular flexibility index (Phi) is 5.37. The van der Waals surface area contributed by atoms with E-state index in [0.717, 1.165) is 13.0 Å². The van der Waals surface area contributed by atoms with Crippen molar-refractivity contribution in [3.8, 4) is 0 Å². The summed E-state index contributed by atoms with van der Waals surface area (Å²) in [6.07, 6.45) is 2.31. The second-order valence-electron chi connectivity index (χ2n) is 4.50. The van der Waals surface area contributed by atoms with Gasteiger partial charge >= 0.3 is 0 Å². The fourth-order valence-electron chi connectivity index (χ4n) is 1.67. The Morgan fingerprint density at radius 3 is 2.59 bits per heavy atom. The van der Waals surface area contributed by atoms with Crippen molar-refractivity contribution in [2.45, 2.75) is 13.3 Å². The summed E-state index contributed by atoms with van der Waals surface area (Å²) in [6.45, 7) is 2.79. The van der Waals surface area contributed by atoms with Crippen molar-refractivity contribution >= 4 is 34.8 Å². The molecule has 1 heterocycles. The maximum Gasteiger partial charge on any atom is 0.269 e. The van der Waals surface area contributed by atoms with Gasteiger partial charge in [0.1, 0.15) is 12.0 Å². The number of carbonyl (C=O) groups excluding carboxylic acids is 1. The molecule has 0 atom stereocenters. The lowest BCUT2D eigenvalue weighted by Crippen LogP contribution is -2.30. The monoisotopic (exact) mass is 320 g/mol. The Labute approximate surface area is 133 Å². The molecule has 0 aliphatic carbocycles. The maximum absolute atomic E-state index is 12.0. The largest absolute Gasteiger partial charge is 0.393 e. The number of amides is 1. The molecule has 22 heavy (non-hydrogen) atoms. The quantitative estimate of drug-likeness (QED) is 0.609. The molecular formula is C14H17ClN6O. The van der Waals surface area contributed by atoms with Crippen molar-refractivity contribution in [3.63, 3.8) is 0 Å². The van der Waals surface area contributed by atoms with Crippen molar-refractivity contribution < 1.29 is 4.79 Å². The van der Waals surface area contributed by atoms with Crippen molar-refractivity contribution in [2.75, 3.05) is 23.0 Å². The van der Waals surface area contributed by atoms with Crippen LogP contribution in [0.25, 0.3) is 0 Å². The first-order valence-electron chi connectivity index (χ1n) is 6.78. The van der Waals surface area contributed by atoms with E-state index in [1.165, 1.54) is 6.33 Å². The molecule has 0 radical (unpaired) electrons. The van der Waals surface area contributed by atoms with Gasteiger partial charge in [-0.3, -0.25) is 15.6 Å². The second-order valence-corrected chi connectivity index (χ2v) is 4.93. The minimum absolute atomic E-state index is 0.322. The van der Waals surface area contributed by atoms with Gasteiger partial charge in [-0.15, -0.1) is 0 Å². The average Bonchev–Trinajstić information content (AvgIpc) is 2.53. The van der Waals surface area contributed by atoms with Crippen LogP contribution in [0, 0.1) is 0 Å². The fraction of sp³-hybridized carbons (Fsp3) is 0.214.